The summed E-state index contributed by atoms with van der Waals surface area (Å²) < 4.78 is 10.8. The number of rotatable bonds is 9. The van der Waals surface area contributed by atoms with Crippen molar-refractivity contribution < 1.29 is 39.8 Å². The maximum atomic E-state index is 11.1. The van der Waals surface area contributed by atoms with Gasteiger partial charge in [0.1, 0.15) is 11.9 Å². The van der Waals surface area contributed by atoms with Gasteiger partial charge in [-0.05, 0) is 54.8 Å². The molecule has 0 fully saturated rings. The minimum atomic E-state index is -2.00. The van der Waals surface area contributed by atoms with Crippen LogP contribution in [-0.2, 0) is 4.74 Å². The van der Waals surface area contributed by atoms with E-state index >= 15 is 0 Å². The Morgan fingerprint density at radius 1 is 1.07 bits per heavy atom. The van der Waals surface area contributed by atoms with Crippen LogP contribution in [0.5, 0.6) is 5.75 Å². The van der Waals surface area contributed by atoms with E-state index in [-0.39, 0.29) is 5.56 Å². The van der Waals surface area contributed by atoms with Crippen LogP contribution in [0.15, 0.2) is 42.5 Å². The highest BCUT2D eigenvalue weighted by Crippen LogP contribution is 2.28. The summed E-state index contributed by atoms with van der Waals surface area (Å²) in [6, 6.07) is 11.5. The Morgan fingerprint density at radius 3 is 2.29 bits per heavy atom. The Bertz CT molecular complexity index is 803. The molecule has 28 heavy (non-hydrogen) atoms. The van der Waals surface area contributed by atoms with Gasteiger partial charge in [0, 0.05) is 0 Å². The number of ether oxygens (including phenoxy) is 2. The van der Waals surface area contributed by atoms with E-state index in [1.807, 2.05) is 0 Å². The van der Waals surface area contributed by atoms with E-state index in [4.69, 9.17) is 14.6 Å². The molecule has 0 saturated carbocycles. The van der Waals surface area contributed by atoms with Gasteiger partial charge < -0.3 is 35.0 Å². The molecule has 2 rings (SSSR count). The Balaban J connectivity index is 2.23. The first-order valence-electron chi connectivity index (χ1n) is 8.64. The van der Waals surface area contributed by atoms with Gasteiger partial charge in [-0.15, -0.1) is 0 Å². The maximum absolute atomic E-state index is 11.1. The zero-order chi connectivity index (χ0) is 20.8. The predicted molar refractivity (Wildman–Crippen MR) is 99.9 cm³/mol. The first-order valence-corrected chi connectivity index (χ1v) is 8.64. The monoisotopic (exact) mass is 392 g/mol. The summed E-state index contributed by atoms with van der Waals surface area (Å²) in [6.07, 6.45) is -5.62. The smallest absolute Gasteiger partial charge is 0.335 e. The minimum absolute atomic E-state index is 0.167. The van der Waals surface area contributed by atoms with Gasteiger partial charge in [0.15, 0.2) is 0 Å². The van der Waals surface area contributed by atoms with Crippen molar-refractivity contribution in [1.29, 1.82) is 0 Å². The second-order valence-electron chi connectivity index (χ2n) is 6.36. The number of carboxylic acids is 1. The van der Waals surface area contributed by atoms with Crippen LogP contribution in [0.3, 0.4) is 0 Å². The van der Waals surface area contributed by atoms with Crippen molar-refractivity contribution >= 4 is 5.97 Å². The van der Waals surface area contributed by atoms with E-state index in [1.165, 1.54) is 13.0 Å². The minimum Gasteiger partial charge on any atom is -0.478 e. The number of hydrogen-bond donors (Lipinski definition) is 5. The molecule has 2 aromatic rings. The molecule has 152 valence electrons. The average Bonchev–Trinajstić information content (AvgIpc) is 2.65. The summed E-state index contributed by atoms with van der Waals surface area (Å²) in [6.45, 7) is 2.61. The van der Waals surface area contributed by atoms with Crippen molar-refractivity contribution in [3.05, 3.63) is 53.6 Å². The standard InChI is InChI=1S/C20H24O8/c1-11-8-14(13-4-3-5-15(9-13)18(23)24)6-7-16(11)27-20(19(25)26)28-17(10-21)12(2)22/h3-9,12,17,19-22,25-26H,10H2,1-2H3,(H,23,24). The van der Waals surface area contributed by atoms with E-state index in [0.717, 1.165) is 5.56 Å². The zero-order valence-corrected chi connectivity index (χ0v) is 15.5. The second-order valence-corrected chi connectivity index (χ2v) is 6.36. The molecule has 3 unspecified atom stereocenters. The van der Waals surface area contributed by atoms with Gasteiger partial charge in [-0.2, -0.15) is 0 Å². The molecule has 0 radical (unpaired) electrons. The van der Waals surface area contributed by atoms with Crippen LogP contribution in [0.2, 0.25) is 0 Å². The number of aryl methyl sites for hydroxylation is 1. The van der Waals surface area contributed by atoms with E-state index in [2.05, 4.69) is 0 Å². The predicted octanol–water partition coefficient (Wildman–Crippen LogP) is 1.13. The molecule has 0 heterocycles. The Hall–Kier alpha value is -2.49. The van der Waals surface area contributed by atoms with Crippen molar-refractivity contribution in [2.24, 2.45) is 0 Å². The summed E-state index contributed by atoms with van der Waals surface area (Å²) in [7, 11) is 0. The van der Waals surface area contributed by atoms with E-state index in [9.17, 15) is 25.2 Å². The highest BCUT2D eigenvalue weighted by Gasteiger charge is 2.27. The van der Waals surface area contributed by atoms with Crippen molar-refractivity contribution in [1.82, 2.24) is 0 Å². The van der Waals surface area contributed by atoms with Gasteiger partial charge in [0.05, 0.1) is 18.3 Å². The molecule has 0 saturated heterocycles. The number of aliphatic hydroxyl groups is 4. The molecule has 0 spiro atoms. The van der Waals surface area contributed by atoms with Crippen LogP contribution in [0, 0.1) is 6.92 Å². The van der Waals surface area contributed by atoms with E-state index < -0.39 is 37.4 Å². The average molecular weight is 392 g/mol. The molecule has 0 aliphatic carbocycles. The van der Waals surface area contributed by atoms with Gasteiger partial charge in [-0.25, -0.2) is 4.79 Å². The first kappa shape index (κ1) is 21.8. The normalized spacial score (nSPS) is 14.5. The summed E-state index contributed by atoms with van der Waals surface area (Å²) in [5.41, 5.74) is 2.27. The fourth-order valence-corrected chi connectivity index (χ4v) is 2.56. The van der Waals surface area contributed by atoms with Gasteiger partial charge >= 0.3 is 5.97 Å². The molecule has 3 atom stereocenters. The zero-order valence-electron chi connectivity index (χ0n) is 15.5. The molecule has 0 aliphatic rings. The lowest BCUT2D eigenvalue weighted by Gasteiger charge is -2.27. The number of carboxylic acid groups (broad SMARTS) is 1. The second kappa shape index (κ2) is 9.63. The van der Waals surface area contributed by atoms with Crippen LogP contribution < -0.4 is 4.74 Å². The molecule has 0 bridgehead atoms. The van der Waals surface area contributed by atoms with Crippen molar-refractivity contribution in [2.45, 2.75) is 38.6 Å². The van der Waals surface area contributed by atoms with Crippen LogP contribution in [0.25, 0.3) is 11.1 Å². The number of hydrogen-bond acceptors (Lipinski definition) is 7. The molecule has 5 N–H and O–H groups in total. The Morgan fingerprint density at radius 2 is 1.75 bits per heavy atom. The van der Waals surface area contributed by atoms with Crippen molar-refractivity contribution in [3.63, 3.8) is 0 Å². The molecule has 8 nitrogen and oxygen atoms in total. The van der Waals surface area contributed by atoms with Gasteiger partial charge in [0.25, 0.3) is 6.29 Å². The third kappa shape index (κ3) is 5.51. The van der Waals surface area contributed by atoms with E-state index in [0.29, 0.717) is 16.9 Å². The lowest BCUT2D eigenvalue weighted by molar-refractivity contribution is -0.250. The van der Waals surface area contributed by atoms with E-state index in [1.54, 1.807) is 43.3 Å². The summed E-state index contributed by atoms with van der Waals surface area (Å²) >= 11 is 0. The number of benzene rings is 2. The Kier molecular flexibility index (Phi) is 7.50. The molecule has 2 aromatic carbocycles. The quantitative estimate of drug-likeness (QED) is 0.401. The highest BCUT2D eigenvalue weighted by molar-refractivity contribution is 5.89. The molecular weight excluding hydrogens is 368 g/mol. The summed E-state index contributed by atoms with van der Waals surface area (Å²) in [5, 5.41) is 46.9. The summed E-state index contributed by atoms with van der Waals surface area (Å²) in [5.74, 6) is -0.717. The third-order valence-electron chi connectivity index (χ3n) is 4.13. The van der Waals surface area contributed by atoms with Crippen LogP contribution in [0.1, 0.15) is 22.8 Å². The third-order valence-corrected chi connectivity index (χ3v) is 4.13. The SMILES string of the molecule is Cc1cc(-c2cccc(C(=O)O)c2)ccc1OC(OC(CO)C(C)O)C(O)O. The van der Waals surface area contributed by atoms with Gasteiger partial charge in [-0.1, -0.05) is 18.2 Å². The highest BCUT2D eigenvalue weighted by atomic mass is 16.7. The fraction of sp³-hybridized carbons (Fsp3) is 0.350. The molecule has 0 amide bonds. The largest absolute Gasteiger partial charge is 0.478 e. The number of aliphatic hydroxyl groups excluding tert-OH is 3. The lowest BCUT2D eigenvalue weighted by atomic mass is 10.0. The van der Waals surface area contributed by atoms with Crippen LogP contribution >= 0.6 is 0 Å². The topological polar surface area (TPSA) is 137 Å². The molecule has 0 aromatic heterocycles. The molecule has 8 heteroatoms. The lowest BCUT2D eigenvalue weighted by Crippen LogP contribution is -2.42. The van der Waals surface area contributed by atoms with Crippen LogP contribution in [-0.4, -0.2) is 62.9 Å². The van der Waals surface area contributed by atoms with Gasteiger partial charge in [0.2, 0.25) is 6.29 Å². The molecular formula is C20H24O8. The first-order chi connectivity index (χ1) is 13.2. The van der Waals surface area contributed by atoms with Gasteiger partial charge in [-0.3, -0.25) is 0 Å². The molecule has 0 aliphatic heterocycles. The van der Waals surface area contributed by atoms with Crippen molar-refractivity contribution in [2.75, 3.05) is 6.61 Å². The maximum Gasteiger partial charge on any atom is 0.335 e. The number of aromatic carboxylic acids is 1. The Labute approximate surface area is 162 Å². The fourth-order valence-electron chi connectivity index (χ4n) is 2.56. The summed E-state index contributed by atoms with van der Waals surface area (Å²) in [4.78, 5) is 11.1. The number of carbonyl (C=O) groups is 1. The van der Waals surface area contributed by atoms with Crippen molar-refractivity contribution in [3.8, 4) is 16.9 Å². The van der Waals surface area contributed by atoms with Crippen LogP contribution in [0.4, 0.5) is 0 Å².